The topological polar surface area (TPSA) is 99.8 Å². The quantitative estimate of drug-likeness (QED) is 0.494. The van der Waals surface area contributed by atoms with Crippen LogP contribution in [0.15, 0.2) is 17.1 Å². The van der Waals surface area contributed by atoms with E-state index < -0.39 is 22.8 Å². The number of aromatic carboxylic acids is 1. The van der Waals surface area contributed by atoms with Crippen LogP contribution in [-0.4, -0.2) is 26.1 Å². The largest absolute Gasteiger partial charge is 0.503 e. The molecule has 0 spiro atoms. The second kappa shape index (κ2) is 2.57. The molecule has 0 saturated heterocycles. The van der Waals surface area contributed by atoms with Gasteiger partial charge in [0.1, 0.15) is 0 Å². The van der Waals surface area contributed by atoms with Crippen LogP contribution in [0.1, 0.15) is 10.5 Å². The molecule has 0 saturated carbocycles. The molecule has 0 aliphatic heterocycles. The lowest BCUT2D eigenvalue weighted by Crippen LogP contribution is -2.14. The highest BCUT2D eigenvalue weighted by molar-refractivity contribution is 5.85. The number of pyridine rings is 1. The summed E-state index contributed by atoms with van der Waals surface area (Å²) in [6, 6.07) is 0.623. The highest BCUT2D eigenvalue weighted by Gasteiger charge is 2.10. The van der Waals surface area contributed by atoms with Gasteiger partial charge in [0.25, 0.3) is 0 Å². The number of nitrogens with zero attached hydrogens (tertiary/aromatic N) is 1. The van der Waals surface area contributed by atoms with Gasteiger partial charge in [-0.3, -0.25) is 4.79 Å². The average molecular weight is 171 g/mol. The van der Waals surface area contributed by atoms with Crippen LogP contribution >= 0.6 is 0 Å². The van der Waals surface area contributed by atoms with E-state index in [0.29, 0.717) is 12.3 Å². The van der Waals surface area contributed by atoms with Crippen LogP contribution in [0.3, 0.4) is 0 Å². The molecule has 0 atom stereocenters. The summed E-state index contributed by atoms with van der Waals surface area (Å²) in [6.45, 7) is 0. The number of hydrogen-bond donors (Lipinski definition) is 3. The van der Waals surface area contributed by atoms with Gasteiger partial charge in [0.2, 0.25) is 5.43 Å². The molecule has 3 N–H and O–H groups in total. The zero-order valence-corrected chi connectivity index (χ0v) is 5.76. The molecule has 64 valence electrons. The van der Waals surface area contributed by atoms with Crippen molar-refractivity contribution in [1.29, 1.82) is 0 Å². The average Bonchev–Trinajstić information content (AvgIpc) is 1.96. The molecule has 0 fully saturated rings. The van der Waals surface area contributed by atoms with Gasteiger partial charge in [0, 0.05) is 6.07 Å². The zero-order chi connectivity index (χ0) is 9.30. The minimum atomic E-state index is -1.45. The fourth-order valence-corrected chi connectivity index (χ4v) is 0.673. The van der Waals surface area contributed by atoms with Crippen molar-refractivity contribution in [1.82, 2.24) is 4.73 Å². The summed E-state index contributed by atoms with van der Waals surface area (Å²) in [5.74, 6) is -2.16. The first kappa shape index (κ1) is 8.12. The maximum atomic E-state index is 10.7. The smallest absolute Gasteiger partial charge is 0.356 e. The van der Waals surface area contributed by atoms with E-state index in [0.717, 1.165) is 0 Å². The third-order valence-electron chi connectivity index (χ3n) is 1.23. The summed E-state index contributed by atoms with van der Waals surface area (Å²) in [5, 5.41) is 25.9. The van der Waals surface area contributed by atoms with Crippen molar-refractivity contribution in [3.8, 4) is 5.75 Å². The van der Waals surface area contributed by atoms with Crippen molar-refractivity contribution < 1.29 is 20.2 Å². The van der Waals surface area contributed by atoms with Crippen molar-refractivity contribution >= 4 is 5.97 Å². The summed E-state index contributed by atoms with van der Waals surface area (Å²) in [7, 11) is 0. The fraction of sp³-hybridized carbons (Fsp3) is 0. The SMILES string of the molecule is O=C(O)c1cc(=O)c(O)cn1O. The second-order valence-corrected chi connectivity index (χ2v) is 2.06. The number of aromatic hydroxyl groups is 1. The van der Waals surface area contributed by atoms with E-state index in [1.807, 2.05) is 0 Å². The van der Waals surface area contributed by atoms with E-state index in [9.17, 15) is 9.59 Å². The van der Waals surface area contributed by atoms with Crippen LogP contribution in [0, 0.1) is 0 Å². The lowest BCUT2D eigenvalue weighted by atomic mass is 10.3. The van der Waals surface area contributed by atoms with Gasteiger partial charge >= 0.3 is 5.97 Å². The Labute approximate surface area is 65.9 Å². The van der Waals surface area contributed by atoms with Gasteiger partial charge in [-0.2, -0.15) is 4.73 Å². The van der Waals surface area contributed by atoms with Gasteiger partial charge in [-0.05, 0) is 0 Å². The molecule has 0 aromatic carbocycles. The lowest BCUT2D eigenvalue weighted by Gasteiger charge is -2.01. The Balaban J connectivity index is 3.43. The number of aromatic nitrogens is 1. The van der Waals surface area contributed by atoms with Crippen LogP contribution in [0.2, 0.25) is 0 Å². The van der Waals surface area contributed by atoms with Gasteiger partial charge in [0.15, 0.2) is 11.4 Å². The molecule has 1 aromatic heterocycles. The van der Waals surface area contributed by atoms with E-state index in [4.69, 9.17) is 15.4 Å². The Hall–Kier alpha value is -1.98. The van der Waals surface area contributed by atoms with Gasteiger partial charge in [-0.15, -0.1) is 0 Å². The molecule has 0 unspecified atom stereocenters. The Morgan fingerprint density at radius 2 is 2.08 bits per heavy atom. The lowest BCUT2D eigenvalue weighted by molar-refractivity contribution is 0.0639. The first-order valence-corrected chi connectivity index (χ1v) is 2.90. The number of hydrogen-bond acceptors (Lipinski definition) is 4. The Kier molecular flexibility index (Phi) is 1.74. The molecular formula is C6H5NO5. The monoisotopic (exact) mass is 171 g/mol. The number of carboxylic acids is 1. The first-order chi connectivity index (χ1) is 5.52. The van der Waals surface area contributed by atoms with Crippen molar-refractivity contribution in [3.05, 3.63) is 28.2 Å². The fourth-order valence-electron chi connectivity index (χ4n) is 0.673. The molecular weight excluding hydrogens is 166 g/mol. The van der Waals surface area contributed by atoms with Crippen LogP contribution < -0.4 is 5.43 Å². The van der Waals surface area contributed by atoms with E-state index in [1.165, 1.54) is 0 Å². The minimum Gasteiger partial charge on any atom is -0.503 e. The third-order valence-corrected chi connectivity index (χ3v) is 1.23. The summed E-state index contributed by atoms with van der Waals surface area (Å²) in [4.78, 5) is 20.9. The second-order valence-electron chi connectivity index (χ2n) is 2.06. The molecule has 1 heterocycles. The van der Waals surface area contributed by atoms with E-state index in [2.05, 4.69) is 0 Å². The predicted octanol–water partition coefficient (Wildman–Crippen LogP) is -0.511. The van der Waals surface area contributed by atoms with Crippen molar-refractivity contribution in [2.45, 2.75) is 0 Å². The highest BCUT2D eigenvalue weighted by atomic mass is 16.5. The molecule has 0 amide bonds. The molecule has 12 heavy (non-hydrogen) atoms. The molecule has 0 aliphatic rings. The maximum Gasteiger partial charge on any atom is 0.356 e. The number of rotatable bonds is 1. The third kappa shape index (κ3) is 1.22. The van der Waals surface area contributed by atoms with Gasteiger partial charge < -0.3 is 15.4 Å². The highest BCUT2D eigenvalue weighted by Crippen LogP contribution is 2.01. The standard InChI is InChI=1S/C6H5NO5/c8-4-1-3(6(10)11)7(12)2-5(4)9/h1-2,9,12H,(H,10,11). The maximum absolute atomic E-state index is 10.7. The molecule has 0 radical (unpaired) electrons. The normalized spacial score (nSPS) is 9.67. The number of carboxylic acid groups (broad SMARTS) is 1. The Morgan fingerprint density at radius 1 is 1.50 bits per heavy atom. The van der Waals surface area contributed by atoms with E-state index >= 15 is 0 Å². The zero-order valence-electron chi connectivity index (χ0n) is 5.76. The summed E-state index contributed by atoms with van der Waals surface area (Å²) >= 11 is 0. The van der Waals surface area contributed by atoms with Crippen LogP contribution in [0.5, 0.6) is 5.75 Å². The Morgan fingerprint density at radius 3 is 2.58 bits per heavy atom. The van der Waals surface area contributed by atoms with E-state index in [1.54, 1.807) is 0 Å². The van der Waals surface area contributed by atoms with Gasteiger partial charge in [0.05, 0.1) is 6.20 Å². The summed E-state index contributed by atoms with van der Waals surface area (Å²) in [5.41, 5.74) is -1.45. The van der Waals surface area contributed by atoms with Gasteiger partial charge in [-0.1, -0.05) is 0 Å². The van der Waals surface area contributed by atoms with Gasteiger partial charge in [-0.25, -0.2) is 4.79 Å². The Bertz CT molecular complexity index is 380. The summed E-state index contributed by atoms with van der Waals surface area (Å²) in [6.07, 6.45) is 0.617. The van der Waals surface area contributed by atoms with E-state index in [-0.39, 0.29) is 4.73 Å². The van der Waals surface area contributed by atoms with Crippen LogP contribution in [0.25, 0.3) is 0 Å². The van der Waals surface area contributed by atoms with Crippen LogP contribution in [-0.2, 0) is 0 Å². The molecule has 1 rings (SSSR count). The predicted molar refractivity (Wildman–Crippen MR) is 36.5 cm³/mol. The number of carbonyl (C=O) groups is 1. The minimum absolute atomic E-state index is 0.166. The summed E-state index contributed by atoms with van der Waals surface area (Å²) < 4.78 is 0.166. The molecule has 6 heteroatoms. The van der Waals surface area contributed by atoms with Crippen molar-refractivity contribution in [3.63, 3.8) is 0 Å². The molecule has 0 aliphatic carbocycles. The van der Waals surface area contributed by atoms with Crippen molar-refractivity contribution in [2.24, 2.45) is 0 Å². The molecule has 0 bridgehead atoms. The molecule has 1 aromatic rings. The van der Waals surface area contributed by atoms with Crippen molar-refractivity contribution in [2.75, 3.05) is 0 Å². The first-order valence-electron chi connectivity index (χ1n) is 2.90. The van der Waals surface area contributed by atoms with Crippen LogP contribution in [0.4, 0.5) is 0 Å². The molecule has 6 nitrogen and oxygen atoms in total.